The van der Waals surface area contributed by atoms with Crippen LogP contribution >= 0.6 is 0 Å². The van der Waals surface area contributed by atoms with Crippen molar-refractivity contribution < 1.29 is 44.5 Å². The van der Waals surface area contributed by atoms with E-state index in [-0.39, 0.29) is 6.07 Å². The van der Waals surface area contributed by atoms with Crippen LogP contribution in [-0.4, -0.2) is 49.2 Å². The second kappa shape index (κ2) is 5.24. The van der Waals surface area contributed by atoms with E-state index in [4.69, 9.17) is 20.4 Å². The van der Waals surface area contributed by atoms with Crippen LogP contribution in [0.4, 0.5) is 5.69 Å². The lowest BCUT2D eigenvalue weighted by molar-refractivity contribution is -0.385. The van der Waals surface area contributed by atoms with Crippen LogP contribution in [0, 0.1) is 10.1 Å². The largest absolute Gasteiger partial charge is 0.478 e. The molecule has 0 aromatic heterocycles. The Labute approximate surface area is 113 Å². The number of nitro benzene ring substituents is 1. The van der Waals surface area contributed by atoms with Crippen molar-refractivity contribution in [2.45, 2.75) is 0 Å². The lowest BCUT2D eigenvalue weighted by atomic mass is 9.95. The summed E-state index contributed by atoms with van der Waals surface area (Å²) < 4.78 is 0. The SMILES string of the molecule is O=C(O)c1cc(C(=O)O)c(C(=O)O)c([N+](=O)[O-])c1C(=O)O. The highest BCUT2D eigenvalue weighted by Crippen LogP contribution is 2.31. The van der Waals surface area contributed by atoms with Crippen LogP contribution in [0.25, 0.3) is 0 Å². The Morgan fingerprint density at radius 2 is 1.14 bits per heavy atom. The summed E-state index contributed by atoms with van der Waals surface area (Å²) in [7, 11) is 0. The Kier molecular flexibility index (Phi) is 3.88. The monoisotopic (exact) mass is 299 g/mol. The molecule has 0 radical (unpaired) electrons. The average Bonchev–Trinajstić information content (AvgIpc) is 2.34. The summed E-state index contributed by atoms with van der Waals surface area (Å²) in [5.74, 6) is -8.04. The van der Waals surface area contributed by atoms with Crippen LogP contribution in [0.3, 0.4) is 0 Å². The zero-order valence-electron chi connectivity index (χ0n) is 9.76. The summed E-state index contributed by atoms with van der Waals surface area (Å²) in [6.07, 6.45) is 0. The molecule has 110 valence electrons. The standard InChI is InChI=1S/C10H5NO10/c12-7(13)2-1-3(8(14)15)5(10(18)19)6(11(20)21)4(2)9(16)17/h1H,(H,12,13)(H,14,15)(H,16,17)(H,18,19). The zero-order chi connectivity index (χ0) is 16.5. The van der Waals surface area contributed by atoms with Crippen molar-refractivity contribution in [3.05, 3.63) is 38.4 Å². The minimum atomic E-state index is -2.07. The van der Waals surface area contributed by atoms with Crippen molar-refractivity contribution in [3.8, 4) is 0 Å². The smallest absolute Gasteiger partial charge is 0.343 e. The summed E-state index contributed by atoms with van der Waals surface area (Å²) in [6.45, 7) is 0. The van der Waals surface area contributed by atoms with E-state index in [1.807, 2.05) is 0 Å². The predicted molar refractivity (Wildman–Crippen MR) is 60.9 cm³/mol. The maximum Gasteiger partial charge on any atom is 0.343 e. The average molecular weight is 299 g/mol. The molecule has 0 aliphatic carbocycles. The molecule has 0 bridgehead atoms. The lowest BCUT2D eigenvalue weighted by Crippen LogP contribution is -2.19. The predicted octanol–water partition coefficient (Wildman–Crippen LogP) is 0.388. The molecule has 21 heavy (non-hydrogen) atoms. The maximum atomic E-state index is 11.0. The molecule has 0 fully saturated rings. The van der Waals surface area contributed by atoms with Gasteiger partial charge in [0.2, 0.25) is 0 Å². The minimum absolute atomic E-state index is 0.255. The Morgan fingerprint density at radius 3 is 1.33 bits per heavy atom. The first-order valence-corrected chi connectivity index (χ1v) is 4.88. The van der Waals surface area contributed by atoms with E-state index in [1.165, 1.54) is 0 Å². The first kappa shape index (κ1) is 15.6. The van der Waals surface area contributed by atoms with Gasteiger partial charge >= 0.3 is 23.9 Å². The molecule has 0 unspecified atom stereocenters. The van der Waals surface area contributed by atoms with E-state index in [0.717, 1.165) is 0 Å². The molecule has 0 spiro atoms. The number of nitro groups is 1. The third-order valence-electron chi connectivity index (χ3n) is 2.37. The highest BCUT2D eigenvalue weighted by molar-refractivity contribution is 6.13. The first-order chi connectivity index (χ1) is 9.59. The van der Waals surface area contributed by atoms with E-state index >= 15 is 0 Å². The van der Waals surface area contributed by atoms with Crippen molar-refractivity contribution >= 4 is 29.6 Å². The fourth-order valence-electron chi connectivity index (χ4n) is 1.62. The fourth-order valence-corrected chi connectivity index (χ4v) is 1.62. The lowest BCUT2D eigenvalue weighted by Gasteiger charge is -2.08. The van der Waals surface area contributed by atoms with Gasteiger partial charge < -0.3 is 20.4 Å². The summed E-state index contributed by atoms with van der Waals surface area (Å²) in [5, 5.41) is 46.3. The van der Waals surface area contributed by atoms with Crippen LogP contribution in [0.2, 0.25) is 0 Å². The molecule has 0 saturated heterocycles. The second-order valence-corrected chi connectivity index (χ2v) is 3.55. The van der Waals surface area contributed by atoms with Crippen molar-refractivity contribution in [2.24, 2.45) is 0 Å². The first-order valence-electron chi connectivity index (χ1n) is 4.88. The van der Waals surface area contributed by atoms with Crippen molar-refractivity contribution in [1.82, 2.24) is 0 Å². The van der Waals surface area contributed by atoms with E-state index in [2.05, 4.69) is 0 Å². The van der Waals surface area contributed by atoms with Gasteiger partial charge in [-0.2, -0.15) is 0 Å². The molecule has 1 aromatic carbocycles. The molecular formula is C10H5NO10. The van der Waals surface area contributed by atoms with Crippen LogP contribution < -0.4 is 0 Å². The zero-order valence-corrected chi connectivity index (χ0v) is 9.76. The van der Waals surface area contributed by atoms with Crippen LogP contribution in [0.5, 0.6) is 0 Å². The molecule has 0 amide bonds. The molecule has 0 saturated carbocycles. The van der Waals surface area contributed by atoms with Crippen LogP contribution in [0.1, 0.15) is 41.4 Å². The molecule has 0 aliphatic rings. The molecule has 1 rings (SSSR count). The molecular weight excluding hydrogens is 294 g/mol. The number of carbonyl (C=O) groups is 4. The number of benzene rings is 1. The third kappa shape index (κ3) is 2.60. The van der Waals surface area contributed by atoms with Crippen molar-refractivity contribution in [3.63, 3.8) is 0 Å². The third-order valence-corrected chi connectivity index (χ3v) is 2.37. The van der Waals surface area contributed by atoms with E-state index in [9.17, 15) is 29.3 Å². The topological polar surface area (TPSA) is 192 Å². The van der Waals surface area contributed by atoms with Gasteiger partial charge in [0.1, 0.15) is 0 Å². The molecule has 4 N–H and O–H groups in total. The Bertz CT molecular complexity index is 654. The second-order valence-electron chi connectivity index (χ2n) is 3.55. The molecule has 11 heteroatoms. The molecule has 0 heterocycles. The van der Waals surface area contributed by atoms with E-state index in [0.29, 0.717) is 0 Å². The number of aromatic carboxylic acids is 4. The quantitative estimate of drug-likeness (QED) is 0.436. The number of hydrogen-bond donors (Lipinski definition) is 4. The van der Waals surface area contributed by atoms with Gasteiger partial charge in [0.25, 0.3) is 5.69 Å². The number of carboxylic acid groups (broad SMARTS) is 4. The van der Waals surface area contributed by atoms with Gasteiger partial charge in [-0.15, -0.1) is 0 Å². The summed E-state index contributed by atoms with van der Waals surface area (Å²) >= 11 is 0. The number of nitrogens with zero attached hydrogens (tertiary/aromatic N) is 1. The number of carboxylic acids is 4. The molecule has 0 aliphatic heterocycles. The van der Waals surface area contributed by atoms with Gasteiger partial charge in [0.15, 0.2) is 11.1 Å². The Morgan fingerprint density at radius 1 is 0.810 bits per heavy atom. The van der Waals surface area contributed by atoms with Gasteiger partial charge in [0, 0.05) is 0 Å². The summed E-state index contributed by atoms with van der Waals surface area (Å²) in [6, 6.07) is 0.255. The normalized spacial score (nSPS) is 9.90. The fraction of sp³-hybridized carbons (Fsp3) is 0. The Balaban J connectivity index is 4.13. The maximum absolute atomic E-state index is 11.0. The van der Waals surface area contributed by atoms with Crippen LogP contribution in [-0.2, 0) is 0 Å². The molecule has 11 nitrogen and oxygen atoms in total. The van der Waals surface area contributed by atoms with Gasteiger partial charge in [-0.1, -0.05) is 0 Å². The highest BCUT2D eigenvalue weighted by Gasteiger charge is 2.37. The highest BCUT2D eigenvalue weighted by atomic mass is 16.6. The number of hydrogen-bond acceptors (Lipinski definition) is 6. The minimum Gasteiger partial charge on any atom is -0.478 e. The van der Waals surface area contributed by atoms with Gasteiger partial charge in [0.05, 0.1) is 16.1 Å². The van der Waals surface area contributed by atoms with Crippen molar-refractivity contribution in [2.75, 3.05) is 0 Å². The van der Waals surface area contributed by atoms with E-state index < -0.39 is 56.7 Å². The molecule has 1 aromatic rings. The van der Waals surface area contributed by atoms with Gasteiger partial charge in [-0.3, -0.25) is 10.1 Å². The summed E-state index contributed by atoms with van der Waals surface area (Å²) in [5.41, 5.74) is -6.81. The molecule has 0 atom stereocenters. The van der Waals surface area contributed by atoms with Crippen molar-refractivity contribution in [1.29, 1.82) is 0 Å². The number of rotatable bonds is 5. The van der Waals surface area contributed by atoms with Crippen LogP contribution in [0.15, 0.2) is 6.07 Å². The van der Waals surface area contributed by atoms with E-state index in [1.54, 1.807) is 0 Å². The van der Waals surface area contributed by atoms with Gasteiger partial charge in [-0.25, -0.2) is 19.2 Å². The van der Waals surface area contributed by atoms with Gasteiger partial charge in [-0.05, 0) is 6.07 Å². The Hall–Kier alpha value is -3.50. The summed E-state index contributed by atoms with van der Waals surface area (Å²) in [4.78, 5) is 53.3.